The van der Waals surface area contributed by atoms with Crippen LogP contribution in [0.15, 0.2) is 18.3 Å². The standard InChI is InChI=1S/C12H18N2S2/c1-10-11(3-2-4-14-10)7-13-8-12-9-15-5-6-16-12/h2-4,12-13H,5-9H2,1H3. The van der Waals surface area contributed by atoms with Crippen molar-refractivity contribution in [2.45, 2.75) is 18.7 Å². The minimum absolute atomic E-state index is 0.788. The molecule has 0 spiro atoms. The maximum atomic E-state index is 4.30. The zero-order valence-corrected chi connectivity index (χ0v) is 11.2. The van der Waals surface area contributed by atoms with Crippen molar-refractivity contribution < 1.29 is 0 Å². The molecule has 0 amide bonds. The summed E-state index contributed by atoms with van der Waals surface area (Å²) < 4.78 is 0. The van der Waals surface area contributed by atoms with Crippen molar-refractivity contribution in [3.8, 4) is 0 Å². The van der Waals surface area contributed by atoms with Crippen molar-refractivity contribution in [1.29, 1.82) is 0 Å². The summed E-state index contributed by atoms with van der Waals surface area (Å²) in [6.45, 7) is 4.13. The molecule has 1 aromatic rings. The van der Waals surface area contributed by atoms with Gasteiger partial charge in [0.25, 0.3) is 0 Å². The smallest absolute Gasteiger partial charge is 0.0417 e. The molecular weight excluding hydrogens is 236 g/mol. The van der Waals surface area contributed by atoms with Crippen LogP contribution in [0.2, 0.25) is 0 Å². The molecule has 4 heteroatoms. The van der Waals surface area contributed by atoms with E-state index in [2.05, 4.69) is 46.8 Å². The van der Waals surface area contributed by atoms with E-state index in [0.717, 1.165) is 24.0 Å². The SMILES string of the molecule is Cc1ncccc1CNCC1CSCCS1. The third-order valence-electron chi connectivity index (χ3n) is 2.69. The quantitative estimate of drug-likeness (QED) is 0.891. The second kappa shape index (κ2) is 6.52. The lowest BCUT2D eigenvalue weighted by Gasteiger charge is -2.21. The van der Waals surface area contributed by atoms with Gasteiger partial charge >= 0.3 is 0 Å². The van der Waals surface area contributed by atoms with E-state index in [-0.39, 0.29) is 0 Å². The second-order valence-corrected chi connectivity index (χ2v) is 6.50. The second-order valence-electron chi connectivity index (χ2n) is 3.95. The van der Waals surface area contributed by atoms with Crippen LogP contribution in [0.4, 0.5) is 0 Å². The first-order valence-electron chi connectivity index (χ1n) is 5.67. The molecule has 1 aliphatic heterocycles. The third kappa shape index (κ3) is 3.68. The van der Waals surface area contributed by atoms with Crippen LogP contribution in [-0.2, 0) is 6.54 Å². The Balaban J connectivity index is 1.73. The largest absolute Gasteiger partial charge is 0.311 e. The fourth-order valence-corrected chi connectivity index (χ4v) is 4.37. The zero-order valence-electron chi connectivity index (χ0n) is 9.61. The summed E-state index contributed by atoms with van der Waals surface area (Å²) in [6, 6.07) is 4.16. The van der Waals surface area contributed by atoms with Gasteiger partial charge in [-0.15, -0.1) is 0 Å². The highest BCUT2D eigenvalue weighted by Crippen LogP contribution is 2.23. The summed E-state index contributed by atoms with van der Waals surface area (Å²) in [7, 11) is 0. The Hall–Kier alpha value is -0.190. The summed E-state index contributed by atoms with van der Waals surface area (Å²) in [5, 5.41) is 4.33. The van der Waals surface area contributed by atoms with Crippen LogP contribution in [0.25, 0.3) is 0 Å². The molecule has 2 nitrogen and oxygen atoms in total. The van der Waals surface area contributed by atoms with Gasteiger partial charge in [-0.05, 0) is 18.6 Å². The number of hydrogen-bond acceptors (Lipinski definition) is 4. The van der Waals surface area contributed by atoms with Gasteiger partial charge in [-0.2, -0.15) is 23.5 Å². The molecule has 1 aliphatic rings. The Labute approximate surface area is 106 Å². The normalized spacial score (nSPS) is 20.9. The number of aryl methyl sites for hydroxylation is 1. The van der Waals surface area contributed by atoms with Crippen molar-refractivity contribution in [2.24, 2.45) is 0 Å². The van der Waals surface area contributed by atoms with E-state index in [1.807, 2.05) is 12.3 Å². The predicted octanol–water partition coefficient (Wildman–Crippen LogP) is 2.33. The van der Waals surface area contributed by atoms with Gasteiger partial charge in [0.1, 0.15) is 0 Å². The van der Waals surface area contributed by atoms with Crippen LogP contribution in [-0.4, -0.2) is 34.0 Å². The molecule has 1 unspecified atom stereocenters. The highest BCUT2D eigenvalue weighted by atomic mass is 32.2. The zero-order chi connectivity index (χ0) is 11.2. The topological polar surface area (TPSA) is 24.9 Å². The lowest BCUT2D eigenvalue weighted by atomic mass is 10.2. The van der Waals surface area contributed by atoms with Gasteiger partial charge in [0.2, 0.25) is 0 Å². The number of pyridine rings is 1. The number of aromatic nitrogens is 1. The van der Waals surface area contributed by atoms with Gasteiger partial charge in [-0.25, -0.2) is 0 Å². The van der Waals surface area contributed by atoms with Crippen LogP contribution >= 0.6 is 23.5 Å². The van der Waals surface area contributed by atoms with Gasteiger partial charge < -0.3 is 5.32 Å². The van der Waals surface area contributed by atoms with Crippen LogP contribution in [0.3, 0.4) is 0 Å². The summed E-state index contributed by atoms with van der Waals surface area (Å²) in [5.74, 6) is 3.93. The minimum atomic E-state index is 0.788. The minimum Gasteiger partial charge on any atom is -0.311 e. The van der Waals surface area contributed by atoms with Crippen LogP contribution in [0, 0.1) is 6.92 Å². The average Bonchev–Trinajstić information content (AvgIpc) is 2.33. The number of rotatable bonds is 4. The van der Waals surface area contributed by atoms with Gasteiger partial charge in [0.15, 0.2) is 0 Å². The molecule has 1 saturated heterocycles. The van der Waals surface area contributed by atoms with E-state index in [1.165, 1.54) is 22.8 Å². The summed E-state index contributed by atoms with van der Waals surface area (Å²) in [5.41, 5.74) is 2.46. The van der Waals surface area contributed by atoms with Gasteiger partial charge in [-0.1, -0.05) is 6.07 Å². The maximum absolute atomic E-state index is 4.30. The molecule has 1 fully saturated rings. The van der Waals surface area contributed by atoms with Gasteiger partial charge in [0.05, 0.1) is 0 Å². The Morgan fingerprint density at radius 1 is 1.50 bits per heavy atom. The van der Waals surface area contributed by atoms with E-state index in [4.69, 9.17) is 0 Å². The number of nitrogens with zero attached hydrogens (tertiary/aromatic N) is 1. The predicted molar refractivity (Wildman–Crippen MR) is 74.3 cm³/mol. The van der Waals surface area contributed by atoms with Gasteiger partial charge in [0, 0.05) is 47.5 Å². The Kier molecular flexibility index (Phi) is 5.00. The van der Waals surface area contributed by atoms with Crippen molar-refractivity contribution in [1.82, 2.24) is 10.3 Å². The van der Waals surface area contributed by atoms with E-state index >= 15 is 0 Å². The van der Waals surface area contributed by atoms with E-state index in [9.17, 15) is 0 Å². The van der Waals surface area contributed by atoms with E-state index in [0.29, 0.717) is 0 Å². The third-order valence-corrected chi connectivity index (χ3v) is 5.53. The number of thioether (sulfide) groups is 2. The molecule has 0 saturated carbocycles. The van der Waals surface area contributed by atoms with Gasteiger partial charge in [-0.3, -0.25) is 4.98 Å². The van der Waals surface area contributed by atoms with Crippen LogP contribution in [0.1, 0.15) is 11.3 Å². The molecule has 0 aliphatic carbocycles. The molecule has 2 heterocycles. The molecule has 1 N–H and O–H groups in total. The maximum Gasteiger partial charge on any atom is 0.0417 e. The van der Waals surface area contributed by atoms with Crippen molar-refractivity contribution in [2.75, 3.05) is 23.8 Å². The molecule has 1 atom stereocenters. The summed E-state index contributed by atoms with van der Waals surface area (Å²) >= 11 is 4.18. The fraction of sp³-hybridized carbons (Fsp3) is 0.583. The fourth-order valence-electron chi connectivity index (χ4n) is 1.73. The molecule has 2 rings (SSSR count). The van der Waals surface area contributed by atoms with E-state index in [1.54, 1.807) is 0 Å². The lowest BCUT2D eigenvalue weighted by molar-refractivity contribution is 0.681. The highest BCUT2D eigenvalue weighted by molar-refractivity contribution is 8.06. The monoisotopic (exact) mass is 254 g/mol. The number of nitrogens with one attached hydrogen (secondary N) is 1. The van der Waals surface area contributed by atoms with Crippen molar-refractivity contribution in [3.05, 3.63) is 29.6 Å². The molecule has 16 heavy (non-hydrogen) atoms. The molecule has 1 aromatic heterocycles. The Bertz CT molecular complexity index is 325. The molecular formula is C12H18N2S2. The first-order valence-corrected chi connectivity index (χ1v) is 7.87. The molecule has 0 aromatic carbocycles. The molecule has 0 bridgehead atoms. The number of hydrogen-bond donors (Lipinski definition) is 1. The molecule has 0 radical (unpaired) electrons. The summed E-state index contributed by atoms with van der Waals surface area (Å²) in [6.07, 6.45) is 1.85. The summed E-state index contributed by atoms with van der Waals surface area (Å²) in [4.78, 5) is 4.30. The van der Waals surface area contributed by atoms with Crippen molar-refractivity contribution >= 4 is 23.5 Å². The first-order chi connectivity index (χ1) is 7.86. The Morgan fingerprint density at radius 2 is 2.44 bits per heavy atom. The Morgan fingerprint density at radius 3 is 3.19 bits per heavy atom. The van der Waals surface area contributed by atoms with Crippen molar-refractivity contribution in [3.63, 3.8) is 0 Å². The van der Waals surface area contributed by atoms with E-state index < -0.39 is 0 Å². The first kappa shape index (κ1) is 12.3. The molecule has 88 valence electrons. The average molecular weight is 254 g/mol. The van der Waals surface area contributed by atoms with Crippen LogP contribution in [0.5, 0.6) is 0 Å². The highest BCUT2D eigenvalue weighted by Gasteiger charge is 2.13. The lowest BCUT2D eigenvalue weighted by Crippen LogP contribution is -2.28. The van der Waals surface area contributed by atoms with Crippen LogP contribution < -0.4 is 5.32 Å².